The summed E-state index contributed by atoms with van der Waals surface area (Å²) in [5.74, 6) is -1.45. The Bertz CT molecular complexity index is 491. The lowest BCUT2D eigenvalue weighted by Gasteiger charge is -2.23. The summed E-state index contributed by atoms with van der Waals surface area (Å²) < 4.78 is 0. The molecule has 0 radical (unpaired) electrons. The Labute approximate surface area is 129 Å². The van der Waals surface area contributed by atoms with Gasteiger partial charge < -0.3 is 15.7 Å². The number of hydrogen-bond donors (Lipinski definition) is 3. The van der Waals surface area contributed by atoms with E-state index in [1.54, 1.807) is 11.3 Å². The smallest absolute Gasteiger partial charge is 0.315 e. The predicted octanol–water partition coefficient (Wildman–Crippen LogP) is 2.99. The van der Waals surface area contributed by atoms with Crippen molar-refractivity contribution in [1.29, 1.82) is 0 Å². The summed E-state index contributed by atoms with van der Waals surface area (Å²) in [5.41, 5.74) is -0.0876. The second-order valence-electron chi connectivity index (χ2n) is 6.38. The summed E-state index contributed by atoms with van der Waals surface area (Å²) in [7, 11) is 0. The van der Waals surface area contributed by atoms with E-state index >= 15 is 0 Å². The number of carbonyl (C=O) groups excluding carboxylic acids is 1. The summed E-state index contributed by atoms with van der Waals surface area (Å²) in [6.45, 7) is 8.58. The Morgan fingerprint density at radius 1 is 1.29 bits per heavy atom. The molecule has 2 amide bonds. The first-order valence-corrected chi connectivity index (χ1v) is 7.79. The standard InChI is InChI=1S/C15H24N2O3S/c1-10-5-6-12(21-10)9-17-14(20)16-8-11(13(18)19)7-15(2,3)4/h5-6,11H,7-9H2,1-4H3,(H,18,19)(H2,16,17,20). The highest BCUT2D eigenvalue weighted by Crippen LogP contribution is 2.24. The number of nitrogens with one attached hydrogen (secondary N) is 2. The topological polar surface area (TPSA) is 78.4 Å². The van der Waals surface area contributed by atoms with Crippen molar-refractivity contribution in [3.63, 3.8) is 0 Å². The first-order valence-electron chi connectivity index (χ1n) is 6.97. The summed E-state index contributed by atoms with van der Waals surface area (Å²) in [5, 5.41) is 14.6. The fourth-order valence-electron chi connectivity index (χ4n) is 2.01. The normalized spacial score (nSPS) is 12.8. The molecule has 1 rings (SSSR count). The molecule has 6 heteroatoms. The van der Waals surface area contributed by atoms with Crippen LogP contribution in [0.15, 0.2) is 12.1 Å². The molecule has 0 fully saturated rings. The average molecular weight is 312 g/mol. The lowest BCUT2D eigenvalue weighted by Crippen LogP contribution is -2.40. The van der Waals surface area contributed by atoms with E-state index in [9.17, 15) is 14.7 Å². The van der Waals surface area contributed by atoms with Crippen LogP contribution in [0.5, 0.6) is 0 Å². The molecule has 1 atom stereocenters. The summed E-state index contributed by atoms with van der Waals surface area (Å²) >= 11 is 1.63. The van der Waals surface area contributed by atoms with Crippen LogP contribution in [0.4, 0.5) is 4.79 Å². The van der Waals surface area contributed by atoms with Gasteiger partial charge >= 0.3 is 12.0 Å². The van der Waals surface area contributed by atoms with Crippen molar-refractivity contribution in [3.8, 4) is 0 Å². The fourth-order valence-corrected chi connectivity index (χ4v) is 2.84. The van der Waals surface area contributed by atoms with Gasteiger partial charge in [0.1, 0.15) is 0 Å². The Kier molecular flexibility index (Phi) is 6.20. The molecule has 0 aromatic carbocycles. The number of amides is 2. The van der Waals surface area contributed by atoms with Crippen molar-refractivity contribution >= 4 is 23.3 Å². The maximum Gasteiger partial charge on any atom is 0.315 e. The van der Waals surface area contributed by atoms with E-state index in [2.05, 4.69) is 10.6 Å². The van der Waals surface area contributed by atoms with Gasteiger partial charge in [-0.05, 0) is 30.9 Å². The van der Waals surface area contributed by atoms with Gasteiger partial charge in [-0.3, -0.25) is 4.79 Å². The van der Waals surface area contributed by atoms with Crippen LogP contribution in [-0.2, 0) is 11.3 Å². The van der Waals surface area contributed by atoms with Gasteiger partial charge in [0, 0.05) is 16.3 Å². The van der Waals surface area contributed by atoms with Gasteiger partial charge in [-0.2, -0.15) is 0 Å². The van der Waals surface area contributed by atoms with Gasteiger partial charge in [-0.15, -0.1) is 11.3 Å². The molecule has 21 heavy (non-hydrogen) atoms. The van der Waals surface area contributed by atoms with E-state index in [-0.39, 0.29) is 18.0 Å². The van der Waals surface area contributed by atoms with Gasteiger partial charge in [-0.25, -0.2) is 4.79 Å². The number of urea groups is 1. The molecule has 1 aromatic rings. The molecular formula is C15H24N2O3S. The molecule has 1 aromatic heterocycles. The number of thiophene rings is 1. The van der Waals surface area contributed by atoms with E-state index in [1.165, 1.54) is 4.88 Å². The third-order valence-corrected chi connectivity index (χ3v) is 3.94. The van der Waals surface area contributed by atoms with Crippen molar-refractivity contribution in [1.82, 2.24) is 10.6 Å². The molecule has 3 N–H and O–H groups in total. The molecule has 0 spiro atoms. The van der Waals surface area contributed by atoms with Crippen molar-refractivity contribution in [2.45, 2.75) is 40.7 Å². The molecule has 0 saturated carbocycles. The van der Waals surface area contributed by atoms with Gasteiger partial charge in [0.25, 0.3) is 0 Å². The zero-order valence-electron chi connectivity index (χ0n) is 13.0. The van der Waals surface area contributed by atoms with E-state index in [0.717, 1.165) is 4.88 Å². The lowest BCUT2D eigenvalue weighted by molar-refractivity contribution is -0.142. The van der Waals surface area contributed by atoms with Crippen molar-refractivity contribution in [3.05, 3.63) is 21.9 Å². The van der Waals surface area contributed by atoms with Crippen LogP contribution in [-0.4, -0.2) is 23.7 Å². The van der Waals surface area contributed by atoms with Crippen molar-refractivity contribution < 1.29 is 14.7 Å². The first-order chi connectivity index (χ1) is 9.67. The Morgan fingerprint density at radius 2 is 1.95 bits per heavy atom. The number of aryl methyl sites for hydroxylation is 1. The van der Waals surface area contributed by atoms with Crippen LogP contribution < -0.4 is 10.6 Å². The minimum atomic E-state index is -0.876. The molecule has 0 aliphatic rings. The number of rotatable bonds is 6. The summed E-state index contributed by atoms with van der Waals surface area (Å²) in [4.78, 5) is 25.2. The van der Waals surface area contributed by atoms with E-state index < -0.39 is 11.9 Å². The SMILES string of the molecule is Cc1ccc(CNC(=O)NCC(CC(C)(C)C)C(=O)O)s1. The third kappa shape index (κ3) is 7.13. The number of carboxylic acids is 1. The van der Waals surface area contributed by atoms with Gasteiger partial charge in [0.05, 0.1) is 12.5 Å². The molecule has 0 aliphatic carbocycles. The second kappa shape index (κ2) is 7.45. The first kappa shape index (κ1) is 17.5. The Balaban J connectivity index is 2.37. The minimum Gasteiger partial charge on any atom is -0.481 e. The largest absolute Gasteiger partial charge is 0.481 e. The van der Waals surface area contributed by atoms with E-state index in [0.29, 0.717) is 13.0 Å². The van der Waals surface area contributed by atoms with Crippen LogP contribution in [0.25, 0.3) is 0 Å². The number of hydrogen-bond acceptors (Lipinski definition) is 3. The summed E-state index contributed by atoms with van der Waals surface area (Å²) in [6.07, 6.45) is 0.521. The Hall–Kier alpha value is -1.56. The highest BCUT2D eigenvalue weighted by Gasteiger charge is 2.24. The maximum absolute atomic E-state index is 11.7. The van der Waals surface area contributed by atoms with Gasteiger partial charge in [0.15, 0.2) is 0 Å². The molecule has 5 nitrogen and oxygen atoms in total. The Morgan fingerprint density at radius 3 is 2.43 bits per heavy atom. The van der Waals surface area contributed by atoms with Crippen LogP contribution >= 0.6 is 11.3 Å². The van der Waals surface area contributed by atoms with Crippen LogP contribution in [0, 0.1) is 18.3 Å². The van der Waals surface area contributed by atoms with Crippen molar-refractivity contribution in [2.75, 3.05) is 6.54 Å². The van der Waals surface area contributed by atoms with Crippen molar-refractivity contribution in [2.24, 2.45) is 11.3 Å². The van der Waals surface area contributed by atoms with Crippen LogP contribution in [0.2, 0.25) is 0 Å². The quantitative estimate of drug-likeness (QED) is 0.755. The van der Waals surface area contributed by atoms with Gasteiger partial charge in [0.2, 0.25) is 0 Å². The second-order valence-corrected chi connectivity index (χ2v) is 7.75. The molecule has 0 bridgehead atoms. The highest BCUT2D eigenvalue weighted by molar-refractivity contribution is 7.11. The molecule has 1 heterocycles. The minimum absolute atomic E-state index is 0.0876. The van der Waals surface area contributed by atoms with Crippen LogP contribution in [0.1, 0.15) is 36.9 Å². The van der Waals surface area contributed by atoms with Crippen LogP contribution in [0.3, 0.4) is 0 Å². The third-order valence-electron chi connectivity index (χ3n) is 2.94. The van der Waals surface area contributed by atoms with E-state index in [1.807, 2.05) is 39.8 Å². The number of carboxylic acid groups (broad SMARTS) is 1. The average Bonchev–Trinajstić information content (AvgIpc) is 2.76. The maximum atomic E-state index is 11.7. The molecular weight excluding hydrogens is 288 g/mol. The monoisotopic (exact) mass is 312 g/mol. The van der Waals surface area contributed by atoms with Gasteiger partial charge in [-0.1, -0.05) is 20.8 Å². The summed E-state index contributed by atoms with van der Waals surface area (Å²) in [6, 6.07) is 3.64. The fraction of sp³-hybridized carbons (Fsp3) is 0.600. The number of carbonyl (C=O) groups is 2. The van der Waals surface area contributed by atoms with E-state index in [4.69, 9.17) is 0 Å². The number of aliphatic carboxylic acids is 1. The molecule has 0 aliphatic heterocycles. The zero-order chi connectivity index (χ0) is 16.0. The molecule has 1 unspecified atom stereocenters. The lowest BCUT2D eigenvalue weighted by atomic mass is 9.84. The highest BCUT2D eigenvalue weighted by atomic mass is 32.1. The zero-order valence-corrected chi connectivity index (χ0v) is 13.8. The predicted molar refractivity (Wildman–Crippen MR) is 84.5 cm³/mol. The molecule has 118 valence electrons. The molecule has 0 saturated heterocycles.